The van der Waals surface area contributed by atoms with Crippen LogP contribution in [0.4, 0.5) is 0 Å². The minimum atomic E-state index is -0.0812. The lowest BCUT2D eigenvalue weighted by Crippen LogP contribution is -2.22. The summed E-state index contributed by atoms with van der Waals surface area (Å²) in [5, 5.41) is 4.95. The smallest absolute Gasteiger partial charge is 0.274 e. The number of ether oxygens (including phenoxy) is 1. The van der Waals surface area contributed by atoms with Crippen molar-refractivity contribution < 1.29 is 4.74 Å². The summed E-state index contributed by atoms with van der Waals surface area (Å²) >= 11 is 1.39. The highest BCUT2D eigenvalue weighted by Crippen LogP contribution is 2.28. The maximum Gasteiger partial charge on any atom is 0.274 e. The maximum absolute atomic E-state index is 13.5. The molecule has 0 aliphatic carbocycles. The molecule has 3 heterocycles. The Morgan fingerprint density at radius 1 is 0.900 bits per heavy atom. The largest absolute Gasteiger partial charge is 0.489 e. The predicted molar refractivity (Wildman–Crippen MR) is 160 cm³/mol. The molecule has 7 rings (SSSR count). The Kier molecular flexibility index (Phi) is 5.98. The number of thiazole rings is 1. The SMILES string of the molecule is Cc1ccc(COc2cccc(-c3nn(-c4ccccc4)cc3/C=c3\sc4nc5ccccc5n4c3=O)c2)cc1. The summed E-state index contributed by atoms with van der Waals surface area (Å²) in [5.41, 5.74) is 7.32. The van der Waals surface area contributed by atoms with Crippen LogP contribution in [0.15, 0.2) is 114 Å². The number of benzene rings is 4. The lowest BCUT2D eigenvalue weighted by molar-refractivity contribution is 0.306. The second-order valence-corrected chi connectivity index (χ2v) is 10.7. The van der Waals surface area contributed by atoms with Crippen molar-refractivity contribution in [1.29, 1.82) is 0 Å². The number of hydrogen-bond donors (Lipinski definition) is 0. The predicted octanol–water partition coefficient (Wildman–Crippen LogP) is 6.20. The molecule has 0 bridgehead atoms. The molecule has 0 unspecified atom stereocenters. The van der Waals surface area contributed by atoms with E-state index in [1.54, 1.807) is 4.40 Å². The Morgan fingerprint density at radius 2 is 1.70 bits per heavy atom. The van der Waals surface area contributed by atoms with Crippen LogP contribution < -0.4 is 14.8 Å². The van der Waals surface area contributed by atoms with E-state index in [4.69, 9.17) is 9.84 Å². The molecule has 0 saturated heterocycles. The third-order valence-electron chi connectivity index (χ3n) is 6.83. The van der Waals surface area contributed by atoms with Crippen LogP contribution in [0, 0.1) is 6.92 Å². The molecular weight excluding hydrogens is 516 g/mol. The summed E-state index contributed by atoms with van der Waals surface area (Å²) < 4.78 is 10.3. The Morgan fingerprint density at radius 3 is 2.55 bits per heavy atom. The van der Waals surface area contributed by atoms with Gasteiger partial charge in [-0.05, 0) is 55.0 Å². The van der Waals surface area contributed by atoms with Gasteiger partial charge >= 0.3 is 0 Å². The molecule has 6 nitrogen and oxygen atoms in total. The Labute approximate surface area is 234 Å². The topological polar surface area (TPSA) is 61.4 Å². The van der Waals surface area contributed by atoms with E-state index < -0.39 is 0 Å². The van der Waals surface area contributed by atoms with Gasteiger partial charge in [0.1, 0.15) is 18.1 Å². The molecule has 4 aromatic carbocycles. The Bertz CT molecular complexity index is 2090. The van der Waals surface area contributed by atoms with Crippen molar-refractivity contribution in [3.8, 4) is 22.7 Å². The van der Waals surface area contributed by atoms with Crippen molar-refractivity contribution in [3.63, 3.8) is 0 Å². The van der Waals surface area contributed by atoms with Gasteiger partial charge in [0.05, 0.1) is 21.3 Å². The Balaban J connectivity index is 1.32. The highest BCUT2D eigenvalue weighted by Gasteiger charge is 2.15. The highest BCUT2D eigenvalue weighted by atomic mass is 32.1. The van der Waals surface area contributed by atoms with Crippen molar-refractivity contribution >= 4 is 33.4 Å². The fourth-order valence-electron chi connectivity index (χ4n) is 4.77. The van der Waals surface area contributed by atoms with Crippen LogP contribution >= 0.6 is 11.3 Å². The first-order valence-corrected chi connectivity index (χ1v) is 13.8. The fraction of sp³-hybridized carbons (Fsp3) is 0.0606. The number of para-hydroxylation sites is 3. The summed E-state index contributed by atoms with van der Waals surface area (Å²) in [6.07, 6.45) is 3.88. The minimum absolute atomic E-state index is 0.0812. The summed E-state index contributed by atoms with van der Waals surface area (Å²) in [4.78, 5) is 18.8. The van der Waals surface area contributed by atoms with Crippen molar-refractivity contribution in [1.82, 2.24) is 19.2 Å². The molecule has 7 heteroatoms. The summed E-state index contributed by atoms with van der Waals surface area (Å²) in [6, 6.07) is 33.9. The van der Waals surface area contributed by atoms with E-state index in [0.717, 1.165) is 44.9 Å². The first-order chi connectivity index (χ1) is 19.6. The van der Waals surface area contributed by atoms with E-state index in [-0.39, 0.29) is 5.56 Å². The molecule has 0 atom stereocenters. The number of fused-ring (bicyclic) bond motifs is 3. The maximum atomic E-state index is 13.5. The molecule has 7 aromatic rings. The molecule has 0 aliphatic heterocycles. The summed E-state index contributed by atoms with van der Waals surface area (Å²) in [6.45, 7) is 2.55. The normalized spacial score (nSPS) is 12.0. The van der Waals surface area contributed by atoms with Gasteiger partial charge < -0.3 is 4.74 Å². The molecule has 40 heavy (non-hydrogen) atoms. The molecule has 194 valence electrons. The lowest BCUT2D eigenvalue weighted by atomic mass is 10.1. The molecule has 0 fully saturated rings. The average Bonchev–Trinajstić information content (AvgIpc) is 3.66. The number of rotatable bonds is 6. The molecule has 0 radical (unpaired) electrons. The molecule has 0 amide bonds. The van der Waals surface area contributed by atoms with Crippen LogP contribution in [0.3, 0.4) is 0 Å². The van der Waals surface area contributed by atoms with Crippen LogP contribution in [-0.2, 0) is 6.61 Å². The van der Waals surface area contributed by atoms with Gasteiger partial charge in [-0.2, -0.15) is 5.10 Å². The molecule has 0 saturated carbocycles. The third-order valence-corrected chi connectivity index (χ3v) is 7.80. The van der Waals surface area contributed by atoms with Crippen molar-refractivity contribution in [3.05, 3.63) is 141 Å². The van der Waals surface area contributed by atoms with Crippen molar-refractivity contribution in [2.24, 2.45) is 0 Å². The van der Waals surface area contributed by atoms with Gasteiger partial charge in [0.2, 0.25) is 0 Å². The molecule has 3 aromatic heterocycles. The standard InChI is InChI=1S/C33H24N4O2S/c1-22-14-16-23(17-15-22)21-39-27-11-7-8-24(18-27)31-25(20-36(35-31)26-9-3-2-4-10-26)19-30-32(38)37-29-13-6-5-12-28(29)34-33(37)40-30/h2-20H,21H2,1H3/b30-19-. The van der Waals surface area contributed by atoms with Crippen LogP contribution in [-0.4, -0.2) is 19.2 Å². The molecule has 0 spiro atoms. The quantitative estimate of drug-likeness (QED) is 0.252. The number of hydrogen-bond acceptors (Lipinski definition) is 5. The van der Waals surface area contributed by atoms with Gasteiger partial charge in [-0.25, -0.2) is 14.1 Å². The van der Waals surface area contributed by atoms with Crippen LogP contribution in [0.5, 0.6) is 5.75 Å². The van der Waals surface area contributed by atoms with E-state index in [0.29, 0.717) is 16.1 Å². The van der Waals surface area contributed by atoms with E-state index in [9.17, 15) is 4.79 Å². The van der Waals surface area contributed by atoms with Crippen LogP contribution in [0.1, 0.15) is 16.7 Å². The van der Waals surface area contributed by atoms with Crippen LogP contribution in [0.2, 0.25) is 0 Å². The molecular formula is C33H24N4O2S. The van der Waals surface area contributed by atoms with Gasteiger partial charge in [-0.15, -0.1) is 0 Å². The zero-order valence-corrected chi connectivity index (χ0v) is 22.5. The van der Waals surface area contributed by atoms with Gasteiger partial charge in [-0.1, -0.05) is 83.6 Å². The van der Waals surface area contributed by atoms with E-state index in [1.165, 1.54) is 16.9 Å². The Hall–Kier alpha value is -5.01. The van der Waals surface area contributed by atoms with Crippen molar-refractivity contribution in [2.45, 2.75) is 13.5 Å². The van der Waals surface area contributed by atoms with Gasteiger partial charge in [0, 0.05) is 17.3 Å². The average molecular weight is 541 g/mol. The molecule has 0 aliphatic rings. The number of imidazole rings is 1. The van der Waals surface area contributed by atoms with Crippen molar-refractivity contribution in [2.75, 3.05) is 0 Å². The number of aryl methyl sites for hydroxylation is 1. The monoisotopic (exact) mass is 540 g/mol. The highest BCUT2D eigenvalue weighted by molar-refractivity contribution is 7.15. The second-order valence-electron chi connectivity index (χ2n) is 9.65. The third kappa shape index (κ3) is 4.46. The van der Waals surface area contributed by atoms with Crippen LogP contribution in [0.25, 0.3) is 39.0 Å². The van der Waals surface area contributed by atoms with E-state index >= 15 is 0 Å². The lowest BCUT2D eigenvalue weighted by Gasteiger charge is -2.08. The number of nitrogens with zero attached hydrogens (tertiary/aromatic N) is 4. The number of aromatic nitrogens is 4. The van der Waals surface area contributed by atoms with Gasteiger partial charge in [-0.3, -0.25) is 4.79 Å². The minimum Gasteiger partial charge on any atom is -0.489 e. The zero-order valence-electron chi connectivity index (χ0n) is 21.7. The first-order valence-electron chi connectivity index (χ1n) is 13.0. The first kappa shape index (κ1) is 24.1. The molecule has 0 N–H and O–H groups in total. The zero-order chi connectivity index (χ0) is 27.1. The van der Waals surface area contributed by atoms with Gasteiger partial charge in [0.25, 0.3) is 5.56 Å². The van der Waals surface area contributed by atoms with E-state index in [1.807, 2.05) is 95.8 Å². The van der Waals surface area contributed by atoms with E-state index in [2.05, 4.69) is 36.2 Å². The fourth-order valence-corrected chi connectivity index (χ4v) is 5.75. The second kappa shape index (κ2) is 9.94. The van der Waals surface area contributed by atoms with Gasteiger partial charge in [0.15, 0.2) is 4.96 Å². The summed E-state index contributed by atoms with van der Waals surface area (Å²) in [7, 11) is 0. The summed E-state index contributed by atoms with van der Waals surface area (Å²) in [5.74, 6) is 0.754.